The highest BCUT2D eigenvalue weighted by Gasteiger charge is 2.18. The average Bonchev–Trinajstić information content (AvgIpc) is 2.40. The molecule has 0 radical (unpaired) electrons. The quantitative estimate of drug-likeness (QED) is 0.852. The van der Waals surface area contributed by atoms with Crippen LogP contribution in [0.25, 0.3) is 0 Å². The molecule has 106 valence electrons. The Morgan fingerprint density at radius 1 is 1.16 bits per heavy atom. The lowest BCUT2D eigenvalue weighted by atomic mass is 10.1. The summed E-state index contributed by atoms with van der Waals surface area (Å²) in [5, 5.41) is 8.92. The van der Waals surface area contributed by atoms with Crippen molar-refractivity contribution in [1.82, 2.24) is 14.9 Å². The first-order valence-corrected chi connectivity index (χ1v) is 7.08. The molecule has 1 aliphatic heterocycles. The minimum absolute atomic E-state index is 0.237. The molecule has 0 atom stereocenters. The molecular formula is C14H24N4O. The minimum Gasteiger partial charge on any atom is -0.395 e. The fraction of sp³-hybridized carbons (Fsp3) is 0.714. The first-order valence-electron chi connectivity index (χ1n) is 7.08. The number of anilines is 1. The van der Waals surface area contributed by atoms with Crippen molar-refractivity contribution in [1.29, 1.82) is 0 Å². The van der Waals surface area contributed by atoms with E-state index in [9.17, 15) is 0 Å². The van der Waals surface area contributed by atoms with Crippen LogP contribution in [0.3, 0.4) is 0 Å². The Labute approximate surface area is 115 Å². The van der Waals surface area contributed by atoms with Crippen molar-refractivity contribution in [2.45, 2.75) is 20.3 Å². The molecule has 0 aromatic carbocycles. The predicted octanol–water partition coefficient (Wildman–Crippen LogP) is 0.789. The third-order valence-electron chi connectivity index (χ3n) is 3.41. The number of hydrogen-bond acceptors (Lipinski definition) is 5. The van der Waals surface area contributed by atoms with E-state index in [1.165, 1.54) is 5.56 Å². The lowest BCUT2D eigenvalue weighted by Crippen LogP contribution is -2.47. The number of aromatic nitrogens is 2. The second kappa shape index (κ2) is 6.82. The summed E-state index contributed by atoms with van der Waals surface area (Å²) >= 11 is 0. The summed E-state index contributed by atoms with van der Waals surface area (Å²) in [6.07, 6.45) is 4.93. The van der Waals surface area contributed by atoms with Gasteiger partial charge in [0.1, 0.15) is 0 Å². The van der Waals surface area contributed by atoms with E-state index in [4.69, 9.17) is 5.11 Å². The highest BCUT2D eigenvalue weighted by molar-refractivity contribution is 5.30. The average molecular weight is 264 g/mol. The van der Waals surface area contributed by atoms with Gasteiger partial charge in [0, 0.05) is 45.1 Å². The number of β-amino-alcohol motifs (C(OH)–C–C–N with tert-alkyl or cyclic N) is 1. The van der Waals surface area contributed by atoms with E-state index in [0.717, 1.165) is 45.1 Å². The van der Waals surface area contributed by atoms with E-state index in [1.807, 2.05) is 12.4 Å². The zero-order chi connectivity index (χ0) is 13.7. The van der Waals surface area contributed by atoms with Gasteiger partial charge in [-0.1, -0.05) is 13.8 Å². The molecule has 0 unspecified atom stereocenters. The van der Waals surface area contributed by atoms with Crippen LogP contribution in [0.1, 0.15) is 19.4 Å². The lowest BCUT2D eigenvalue weighted by molar-refractivity contribution is 0.188. The first kappa shape index (κ1) is 14.2. The number of nitrogens with zero attached hydrogens (tertiary/aromatic N) is 4. The second-order valence-corrected chi connectivity index (χ2v) is 5.54. The van der Waals surface area contributed by atoms with Crippen molar-refractivity contribution in [3.8, 4) is 0 Å². The topological polar surface area (TPSA) is 52.5 Å². The van der Waals surface area contributed by atoms with Gasteiger partial charge in [0.15, 0.2) is 0 Å². The number of piperazine rings is 1. The van der Waals surface area contributed by atoms with E-state index in [2.05, 4.69) is 33.6 Å². The van der Waals surface area contributed by atoms with Gasteiger partial charge in [0.25, 0.3) is 0 Å². The molecule has 1 N–H and O–H groups in total. The Bertz CT molecular complexity index is 372. The standard InChI is InChI=1S/C14H24N4O/c1-12(2)9-13-10-15-14(16-11-13)18-5-3-17(4-6-18)7-8-19/h10-12,19H,3-9H2,1-2H3. The van der Waals surface area contributed by atoms with Gasteiger partial charge in [0.05, 0.1) is 6.61 Å². The molecule has 0 amide bonds. The second-order valence-electron chi connectivity index (χ2n) is 5.54. The van der Waals surface area contributed by atoms with E-state index >= 15 is 0 Å². The van der Waals surface area contributed by atoms with Gasteiger partial charge >= 0.3 is 0 Å². The molecule has 0 spiro atoms. The number of hydrogen-bond donors (Lipinski definition) is 1. The van der Waals surface area contributed by atoms with Crippen molar-refractivity contribution in [2.75, 3.05) is 44.2 Å². The molecule has 2 rings (SSSR count). The molecular weight excluding hydrogens is 240 g/mol. The first-order chi connectivity index (χ1) is 9.19. The van der Waals surface area contributed by atoms with Crippen LogP contribution in [-0.4, -0.2) is 59.3 Å². The number of aliphatic hydroxyl groups excluding tert-OH is 1. The van der Waals surface area contributed by atoms with Gasteiger partial charge in [-0.05, 0) is 17.9 Å². The van der Waals surface area contributed by atoms with Crippen LogP contribution in [0.4, 0.5) is 5.95 Å². The van der Waals surface area contributed by atoms with Crippen molar-refractivity contribution in [2.24, 2.45) is 5.92 Å². The Hall–Kier alpha value is -1.20. The van der Waals surface area contributed by atoms with Crippen LogP contribution in [0, 0.1) is 5.92 Å². The van der Waals surface area contributed by atoms with Gasteiger partial charge < -0.3 is 10.0 Å². The highest BCUT2D eigenvalue weighted by Crippen LogP contribution is 2.12. The number of rotatable bonds is 5. The molecule has 0 aliphatic carbocycles. The number of aliphatic hydroxyl groups is 1. The van der Waals surface area contributed by atoms with Crippen molar-refractivity contribution in [3.05, 3.63) is 18.0 Å². The maximum atomic E-state index is 8.92. The maximum Gasteiger partial charge on any atom is 0.225 e. The fourth-order valence-corrected chi connectivity index (χ4v) is 2.40. The van der Waals surface area contributed by atoms with Crippen molar-refractivity contribution < 1.29 is 5.11 Å². The summed E-state index contributed by atoms with van der Waals surface area (Å²) < 4.78 is 0. The molecule has 0 saturated carbocycles. The normalized spacial score (nSPS) is 17.2. The lowest BCUT2D eigenvalue weighted by Gasteiger charge is -2.34. The summed E-state index contributed by atoms with van der Waals surface area (Å²) in [5.41, 5.74) is 1.21. The molecule has 1 fully saturated rings. The van der Waals surface area contributed by atoms with Crippen LogP contribution in [0.2, 0.25) is 0 Å². The maximum absolute atomic E-state index is 8.92. The SMILES string of the molecule is CC(C)Cc1cnc(N2CCN(CCO)CC2)nc1. The van der Waals surface area contributed by atoms with Gasteiger partial charge in [-0.3, -0.25) is 4.90 Å². The predicted molar refractivity (Wildman–Crippen MR) is 76.3 cm³/mol. The van der Waals surface area contributed by atoms with Gasteiger partial charge in [-0.2, -0.15) is 0 Å². The van der Waals surface area contributed by atoms with Crippen LogP contribution in [0.15, 0.2) is 12.4 Å². The molecule has 5 heteroatoms. The molecule has 19 heavy (non-hydrogen) atoms. The van der Waals surface area contributed by atoms with E-state index in [1.54, 1.807) is 0 Å². The smallest absolute Gasteiger partial charge is 0.225 e. The third kappa shape index (κ3) is 4.14. The largest absolute Gasteiger partial charge is 0.395 e. The molecule has 1 aromatic rings. The molecule has 2 heterocycles. The zero-order valence-electron chi connectivity index (χ0n) is 11.9. The minimum atomic E-state index is 0.237. The van der Waals surface area contributed by atoms with Crippen LogP contribution in [0.5, 0.6) is 0 Å². The molecule has 5 nitrogen and oxygen atoms in total. The van der Waals surface area contributed by atoms with E-state index in [-0.39, 0.29) is 6.61 Å². The Morgan fingerprint density at radius 3 is 2.32 bits per heavy atom. The molecule has 1 aromatic heterocycles. The van der Waals surface area contributed by atoms with Crippen molar-refractivity contribution >= 4 is 5.95 Å². The molecule has 0 bridgehead atoms. The van der Waals surface area contributed by atoms with Gasteiger partial charge in [-0.25, -0.2) is 9.97 Å². The zero-order valence-corrected chi connectivity index (χ0v) is 11.9. The van der Waals surface area contributed by atoms with Crippen LogP contribution < -0.4 is 4.90 Å². The summed E-state index contributed by atoms with van der Waals surface area (Å²) in [6, 6.07) is 0. The molecule has 1 aliphatic rings. The van der Waals surface area contributed by atoms with Crippen LogP contribution in [-0.2, 0) is 6.42 Å². The highest BCUT2D eigenvalue weighted by atomic mass is 16.3. The van der Waals surface area contributed by atoms with Gasteiger partial charge in [0.2, 0.25) is 5.95 Å². The summed E-state index contributed by atoms with van der Waals surface area (Å²) in [7, 11) is 0. The van der Waals surface area contributed by atoms with Crippen molar-refractivity contribution in [3.63, 3.8) is 0 Å². The Kier molecular flexibility index (Phi) is 5.10. The van der Waals surface area contributed by atoms with E-state index in [0.29, 0.717) is 5.92 Å². The monoisotopic (exact) mass is 264 g/mol. The van der Waals surface area contributed by atoms with Crippen LogP contribution >= 0.6 is 0 Å². The Balaban J connectivity index is 1.89. The third-order valence-corrected chi connectivity index (χ3v) is 3.41. The van der Waals surface area contributed by atoms with E-state index < -0.39 is 0 Å². The fourth-order valence-electron chi connectivity index (χ4n) is 2.40. The summed E-state index contributed by atoms with van der Waals surface area (Å²) in [4.78, 5) is 13.4. The Morgan fingerprint density at radius 2 is 1.79 bits per heavy atom. The van der Waals surface area contributed by atoms with Gasteiger partial charge in [-0.15, -0.1) is 0 Å². The molecule has 1 saturated heterocycles. The summed E-state index contributed by atoms with van der Waals surface area (Å²) in [6.45, 7) is 9.22. The summed E-state index contributed by atoms with van der Waals surface area (Å²) in [5.74, 6) is 1.47.